The van der Waals surface area contributed by atoms with Crippen molar-refractivity contribution in [1.82, 2.24) is 14.9 Å². The minimum Gasteiger partial charge on any atom is -0.493 e. The molecule has 146 valence electrons. The fourth-order valence-corrected chi connectivity index (χ4v) is 3.52. The highest BCUT2D eigenvalue weighted by atomic mass is 16.5. The third kappa shape index (κ3) is 3.35. The predicted molar refractivity (Wildman–Crippen MR) is 105 cm³/mol. The second-order valence-corrected chi connectivity index (χ2v) is 6.92. The van der Waals surface area contributed by atoms with Crippen LogP contribution in [0.1, 0.15) is 13.3 Å². The van der Waals surface area contributed by atoms with Gasteiger partial charge < -0.3 is 19.5 Å². The lowest BCUT2D eigenvalue weighted by Gasteiger charge is -2.21. The Morgan fingerprint density at radius 2 is 1.89 bits per heavy atom. The molecule has 0 bridgehead atoms. The monoisotopic (exact) mass is 381 g/mol. The molecule has 28 heavy (non-hydrogen) atoms. The summed E-state index contributed by atoms with van der Waals surface area (Å²) >= 11 is 0. The van der Waals surface area contributed by atoms with Gasteiger partial charge in [-0.05, 0) is 36.8 Å². The van der Waals surface area contributed by atoms with Crippen molar-refractivity contribution in [3.8, 4) is 28.4 Å². The van der Waals surface area contributed by atoms with Crippen molar-refractivity contribution in [2.75, 3.05) is 20.8 Å². The van der Waals surface area contributed by atoms with Crippen LogP contribution >= 0.6 is 0 Å². The van der Waals surface area contributed by atoms with Gasteiger partial charge in [-0.1, -0.05) is 6.07 Å². The Labute approximate surface area is 163 Å². The van der Waals surface area contributed by atoms with Crippen LogP contribution in [0.5, 0.6) is 17.2 Å². The van der Waals surface area contributed by atoms with E-state index in [0.29, 0.717) is 24.5 Å². The van der Waals surface area contributed by atoms with Crippen LogP contribution in [-0.2, 0) is 4.79 Å². The van der Waals surface area contributed by atoms with E-state index in [-0.39, 0.29) is 17.9 Å². The van der Waals surface area contributed by atoms with Gasteiger partial charge in [0.15, 0.2) is 11.5 Å². The maximum absolute atomic E-state index is 11.5. The fraction of sp³-hybridized carbons (Fsp3) is 0.333. The molecule has 1 amide bonds. The molecule has 0 aliphatic carbocycles. The summed E-state index contributed by atoms with van der Waals surface area (Å²) < 4.78 is 18.8. The first-order valence-corrected chi connectivity index (χ1v) is 9.22. The van der Waals surface area contributed by atoms with E-state index in [1.165, 1.54) is 0 Å². The maximum atomic E-state index is 11.5. The summed E-state index contributed by atoms with van der Waals surface area (Å²) in [4.78, 5) is 11.5. The molecule has 1 saturated heterocycles. The summed E-state index contributed by atoms with van der Waals surface area (Å²) in [5.74, 6) is 2.30. The third-order valence-corrected chi connectivity index (χ3v) is 5.17. The highest BCUT2D eigenvalue weighted by Crippen LogP contribution is 2.35. The molecule has 1 aliphatic rings. The number of hydrogen-bond acceptors (Lipinski definition) is 5. The van der Waals surface area contributed by atoms with E-state index in [1.807, 2.05) is 43.5 Å². The molecule has 1 N–H and O–H groups in total. The lowest BCUT2D eigenvalue weighted by atomic mass is 10.0. The molecule has 0 radical (unpaired) electrons. The standard InChI is InChI=1S/C21H23N3O4/c1-13(15-10-21(25)22-11-15)28-19-9-16(12-24-17(19)6-7-23-24)14-4-5-18(26-2)20(8-14)27-3/h4-9,12-13,15H,10-11H2,1-3H3,(H,22,25). The maximum Gasteiger partial charge on any atom is 0.220 e. The number of aromatic nitrogens is 2. The highest BCUT2D eigenvalue weighted by Gasteiger charge is 2.28. The molecular weight excluding hydrogens is 358 g/mol. The van der Waals surface area contributed by atoms with Gasteiger partial charge in [0.25, 0.3) is 0 Å². The molecule has 2 unspecified atom stereocenters. The number of nitrogens with one attached hydrogen (secondary N) is 1. The first kappa shape index (κ1) is 18.2. The van der Waals surface area contributed by atoms with E-state index in [1.54, 1.807) is 24.9 Å². The number of rotatable bonds is 6. The summed E-state index contributed by atoms with van der Waals surface area (Å²) in [5.41, 5.74) is 2.79. The van der Waals surface area contributed by atoms with Crippen molar-refractivity contribution in [1.29, 1.82) is 0 Å². The van der Waals surface area contributed by atoms with Crippen LogP contribution in [0.3, 0.4) is 0 Å². The van der Waals surface area contributed by atoms with Crippen LogP contribution in [0, 0.1) is 5.92 Å². The number of methoxy groups -OCH3 is 2. The highest BCUT2D eigenvalue weighted by molar-refractivity contribution is 5.78. The second-order valence-electron chi connectivity index (χ2n) is 6.92. The molecule has 2 aromatic heterocycles. The Morgan fingerprint density at radius 1 is 1.11 bits per heavy atom. The molecule has 3 heterocycles. The smallest absolute Gasteiger partial charge is 0.220 e. The number of nitrogens with zero attached hydrogens (tertiary/aromatic N) is 2. The number of hydrogen-bond donors (Lipinski definition) is 1. The molecule has 1 aliphatic heterocycles. The first-order valence-electron chi connectivity index (χ1n) is 9.22. The van der Waals surface area contributed by atoms with Crippen molar-refractivity contribution in [3.63, 3.8) is 0 Å². The van der Waals surface area contributed by atoms with Gasteiger partial charge in [0.1, 0.15) is 17.4 Å². The Bertz CT molecular complexity index is 1010. The Kier molecular flexibility index (Phi) is 4.81. The minimum absolute atomic E-state index is 0.0778. The molecule has 1 fully saturated rings. The van der Waals surface area contributed by atoms with E-state index in [4.69, 9.17) is 14.2 Å². The van der Waals surface area contributed by atoms with Crippen LogP contribution in [-0.4, -0.2) is 42.4 Å². The number of fused-ring (bicyclic) bond motifs is 1. The summed E-state index contributed by atoms with van der Waals surface area (Å²) in [6.07, 6.45) is 4.09. The van der Waals surface area contributed by atoms with Crippen LogP contribution in [0.2, 0.25) is 0 Å². The molecule has 0 saturated carbocycles. The van der Waals surface area contributed by atoms with Gasteiger partial charge in [-0.15, -0.1) is 0 Å². The zero-order valence-corrected chi connectivity index (χ0v) is 16.1. The zero-order valence-electron chi connectivity index (χ0n) is 16.1. The molecular formula is C21H23N3O4. The van der Waals surface area contributed by atoms with E-state index in [2.05, 4.69) is 10.4 Å². The molecule has 0 spiro atoms. The van der Waals surface area contributed by atoms with Crippen molar-refractivity contribution < 1.29 is 19.0 Å². The number of carbonyl (C=O) groups is 1. The third-order valence-electron chi connectivity index (χ3n) is 5.17. The lowest BCUT2D eigenvalue weighted by molar-refractivity contribution is -0.119. The second kappa shape index (κ2) is 7.42. The topological polar surface area (TPSA) is 74.1 Å². The van der Waals surface area contributed by atoms with Crippen molar-refractivity contribution in [2.45, 2.75) is 19.4 Å². The largest absolute Gasteiger partial charge is 0.493 e. The number of ether oxygens (including phenoxy) is 3. The summed E-state index contributed by atoms with van der Waals surface area (Å²) in [7, 11) is 3.23. The van der Waals surface area contributed by atoms with Crippen LogP contribution < -0.4 is 19.5 Å². The van der Waals surface area contributed by atoms with Gasteiger partial charge in [0.2, 0.25) is 5.91 Å². The van der Waals surface area contributed by atoms with Crippen molar-refractivity contribution in [3.05, 3.63) is 42.7 Å². The molecule has 7 heteroatoms. The summed E-state index contributed by atoms with van der Waals surface area (Å²) in [6, 6.07) is 9.69. The zero-order chi connectivity index (χ0) is 19.7. The van der Waals surface area contributed by atoms with Gasteiger partial charge in [-0.25, -0.2) is 4.52 Å². The van der Waals surface area contributed by atoms with Crippen LogP contribution in [0.25, 0.3) is 16.6 Å². The van der Waals surface area contributed by atoms with E-state index >= 15 is 0 Å². The Hall–Kier alpha value is -3.22. The molecule has 1 aromatic carbocycles. The quantitative estimate of drug-likeness (QED) is 0.711. The van der Waals surface area contributed by atoms with Gasteiger partial charge in [0, 0.05) is 30.6 Å². The number of benzene rings is 1. The first-order chi connectivity index (χ1) is 13.6. The van der Waals surface area contributed by atoms with Gasteiger partial charge in [0.05, 0.1) is 20.4 Å². The summed E-state index contributed by atoms with van der Waals surface area (Å²) in [6.45, 7) is 2.64. The normalized spacial score (nSPS) is 17.4. The lowest BCUT2D eigenvalue weighted by Crippen LogP contribution is -2.25. The molecule has 7 nitrogen and oxygen atoms in total. The SMILES string of the molecule is COc1ccc(-c2cc(OC(C)C3CNC(=O)C3)c3ccnn3c2)cc1OC. The Balaban J connectivity index is 1.70. The molecule has 3 aromatic rings. The fourth-order valence-electron chi connectivity index (χ4n) is 3.52. The number of carbonyl (C=O) groups excluding carboxylic acids is 1. The van der Waals surface area contributed by atoms with Crippen molar-refractivity contribution >= 4 is 11.4 Å². The van der Waals surface area contributed by atoms with Crippen LogP contribution in [0.4, 0.5) is 0 Å². The van der Waals surface area contributed by atoms with Gasteiger partial charge in [-0.2, -0.15) is 5.10 Å². The number of pyridine rings is 1. The Morgan fingerprint density at radius 3 is 2.61 bits per heavy atom. The van der Waals surface area contributed by atoms with Crippen LogP contribution in [0.15, 0.2) is 42.7 Å². The minimum atomic E-state index is -0.0988. The van der Waals surface area contributed by atoms with Gasteiger partial charge >= 0.3 is 0 Å². The van der Waals surface area contributed by atoms with Crippen molar-refractivity contribution in [2.24, 2.45) is 5.92 Å². The molecule has 4 rings (SSSR count). The van der Waals surface area contributed by atoms with E-state index in [9.17, 15) is 4.79 Å². The average Bonchev–Trinajstić information content (AvgIpc) is 3.36. The average molecular weight is 381 g/mol. The molecule has 2 atom stereocenters. The van der Waals surface area contributed by atoms with E-state index < -0.39 is 0 Å². The van der Waals surface area contributed by atoms with E-state index in [0.717, 1.165) is 22.4 Å². The number of amides is 1. The summed E-state index contributed by atoms with van der Waals surface area (Å²) in [5, 5.41) is 7.24. The predicted octanol–water partition coefficient (Wildman–Crippen LogP) is 2.92. The van der Waals surface area contributed by atoms with Gasteiger partial charge in [-0.3, -0.25) is 4.79 Å².